The number of benzene rings is 1. The van der Waals surface area contributed by atoms with Crippen LogP contribution in [0.15, 0.2) is 24.3 Å². The first kappa shape index (κ1) is 19.4. The first-order valence-electron chi connectivity index (χ1n) is 9.06. The van der Waals surface area contributed by atoms with Crippen molar-refractivity contribution in [1.82, 2.24) is 5.32 Å². The molecular formula is C19H23FN4O2S. The number of hydrogen-bond donors (Lipinski definition) is 1. The Kier molecular flexibility index (Phi) is 6.11. The summed E-state index contributed by atoms with van der Waals surface area (Å²) in [5.74, 6) is -0.175. The van der Waals surface area contributed by atoms with E-state index in [0.29, 0.717) is 31.0 Å². The van der Waals surface area contributed by atoms with Gasteiger partial charge in [0.2, 0.25) is 0 Å². The second kappa shape index (κ2) is 8.53. The predicted octanol–water partition coefficient (Wildman–Crippen LogP) is 3.03. The molecule has 0 bridgehead atoms. The average molecular weight is 390 g/mol. The zero-order valence-electron chi connectivity index (χ0n) is 15.2. The molecule has 1 aromatic rings. The zero-order valence-corrected chi connectivity index (χ0v) is 16.0. The fraction of sp³-hybridized carbons (Fsp3) is 0.526. The van der Waals surface area contributed by atoms with E-state index in [1.165, 1.54) is 0 Å². The Balaban J connectivity index is 1.60. The first-order chi connectivity index (χ1) is 13.0. The molecule has 3 rings (SSSR count). The molecule has 1 aromatic carbocycles. The molecule has 0 aliphatic carbocycles. The third-order valence-corrected chi connectivity index (χ3v) is 5.15. The summed E-state index contributed by atoms with van der Waals surface area (Å²) in [5.41, 5.74) is 1.67. The Bertz CT molecular complexity index is 736. The number of cyclic esters (lactones) is 1. The van der Waals surface area contributed by atoms with Crippen molar-refractivity contribution in [2.45, 2.75) is 32.0 Å². The maximum Gasteiger partial charge on any atom is 0.414 e. The molecule has 2 aliphatic heterocycles. The summed E-state index contributed by atoms with van der Waals surface area (Å²) in [7, 11) is 0. The number of alkyl halides is 1. The minimum Gasteiger partial charge on any atom is -0.442 e. The van der Waals surface area contributed by atoms with Crippen LogP contribution in [0.2, 0.25) is 0 Å². The molecule has 2 unspecified atom stereocenters. The topological polar surface area (TPSA) is 68.6 Å². The molecule has 1 amide bonds. The number of thiocarbonyl (C=S) groups is 1. The zero-order chi connectivity index (χ0) is 19.4. The molecule has 144 valence electrons. The Morgan fingerprint density at radius 1 is 1.37 bits per heavy atom. The smallest absolute Gasteiger partial charge is 0.414 e. The van der Waals surface area contributed by atoms with E-state index >= 15 is 0 Å². The van der Waals surface area contributed by atoms with Crippen molar-refractivity contribution in [3.05, 3.63) is 24.3 Å². The summed E-state index contributed by atoms with van der Waals surface area (Å²) in [4.78, 5) is 16.4. The molecule has 2 heterocycles. The number of anilines is 2. The van der Waals surface area contributed by atoms with Crippen molar-refractivity contribution in [3.63, 3.8) is 0 Å². The quantitative estimate of drug-likeness (QED) is 0.780. The van der Waals surface area contributed by atoms with Crippen LogP contribution >= 0.6 is 12.2 Å². The minimum absolute atomic E-state index is 0.175. The van der Waals surface area contributed by atoms with E-state index in [1.807, 2.05) is 29.2 Å². The van der Waals surface area contributed by atoms with Crippen LogP contribution in [-0.2, 0) is 4.74 Å². The Morgan fingerprint density at radius 3 is 2.70 bits per heavy atom. The number of ether oxygens (including phenoxy) is 1. The number of rotatable bonds is 5. The number of nitrogens with zero attached hydrogens (tertiary/aromatic N) is 3. The van der Waals surface area contributed by atoms with Crippen LogP contribution in [-0.4, -0.2) is 49.5 Å². The summed E-state index contributed by atoms with van der Waals surface area (Å²) < 4.78 is 19.6. The van der Waals surface area contributed by atoms with Crippen LogP contribution < -0.4 is 15.1 Å². The molecule has 2 fully saturated rings. The van der Waals surface area contributed by atoms with Gasteiger partial charge in [-0.25, -0.2) is 9.18 Å². The van der Waals surface area contributed by atoms with Gasteiger partial charge in [0.05, 0.1) is 24.1 Å². The van der Waals surface area contributed by atoms with Gasteiger partial charge in [-0.1, -0.05) is 12.2 Å². The van der Waals surface area contributed by atoms with Crippen molar-refractivity contribution >= 4 is 34.7 Å². The van der Waals surface area contributed by atoms with Crippen molar-refractivity contribution in [2.24, 2.45) is 5.92 Å². The van der Waals surface area contributed by atoms with E-state index in [0.717, 1.165) is 17.9 Å². The predicted molar refractivity (Wildman–Crippen MR) is 106 cm³/mol. The molecule has 8 heteroatoms. The largest absolute Gasteiger partial charge is 0.442 e. The van der Waals surface area contributed by atoms with Gasteiger partial charge in [-0.3, -0.25) is 4.90 Å². The highest BCUT2D eigenvalue weighted by molar-refractivity contribution is 7.80. The second-order valence-electron chi connectivity index (χ2n) is 6.94. The van der Waals surface area contributed by atoms with E-state index in [2.05, 4.69) is 11.4 Å². The molecule has 3 atom stereocenters. The van der Waals surface area contributed by atoms with Gasteiger partial charge in [-0.2, -0.15) is 5.26 Å². The van der Waals surface area contributed by atoms with Gasteiger partial charge in [0, 0.05) is 36.8 Å². The lowest BCUT2D eigenvalue weighted by atomic mass is 9.92. The van der Waals surface area contributed by atoms with Crippen LogP contribution in [0.5, 0.6) is 0 Å². The number of piperidine rings is 1. The molecule has 27 heavy (non-hydrogen) atoms. The molecule has 0 aromatic heterocycles. The fourth-order valence-corrected chi connectivity index (χ4v) is 3.56. The highest BCUT2D eigenvalue weighted by Crippen LogP contribution is 2.29. The molecular weight excluding hydrogens is 367 g/mol. The Labute approximate surface area is 163 Å². The molecule has 6 nitrogen and oxygen atoms in total. The maximum absolute atomic E-state index is 14.2. The Morgan fingerprint density at radius 2 is 2.07 bits per heavy atom. The van der Waals surface area contributed by atoms with Crippen molar-refractivity contribution in [3.8, 4) is 6.07 Å². The van der Waals surface area contributed by atoms with Gasteiger partial charge in [0.1, 0.15) is 12.3 Å². The second-order valence-corrected chi connectivity index (χ2v) is 7.56. The molecule has 2 saturated heterocycles. The van der Waals surface area contributed by atoms with E-state index in [4.69, 9.17) is 22.2 Å². The highest BCUT2D eigenvalue weighted by Gasteiger charge is 2.33. The minimum atomic E-state index is -0.996. The van der Waals surface area contributed by atoms with E-state index in [9.17, 15) is 9.18 Å². The third-order valence-electron chi connectivity index (χ3n) is 5.01. The van der Waals surface area contributed by atoms with Gasteiger partial charge in [0.25, 0.3) is 0 Å². The van der Waals surface area contributed by atoms with Crippen LogP contribution in [0, 0.1) is 17.2 Å². The highest BCUT2D eigenvalue weighted by atomic mass is 32.1. The molecule has 1 N–H and O–H groups in total. The number of nitriles is 1. The number of carbonyl (C=O) groups excluding carboxylic acids is 1. The van der Waals surface area contributed by atoms with E-state index in [1.54, 1.807) is 11.8 Å². The van der Waals surface area contributed by atoms with Gasteiger partial charge in [-0.05, 0) is 37.6 Å². The monoisotopic (exact) mass is 390 g/mol. The summed E-state index contributed by atoms with van der Waals surface area (Å²) in [6, 6.07) is 9.56. The number of nitrogens with one attached hydrogen (secondary N) is 1. The molecule has 2 aliphatic rings. The average Bonchev–Trinajstić information content (AvgIpc) is 3.03. The van der Waals surface area contributed by atoms with Crippen molar-refractivity contribution < 1.29 is 13.9 Å². The first-order valence-corrected chi connectivity index (χ1v) is 9.47. The van der Waals surface area contributed by atoms with E-state index in [-0.39, 0.29) is 24.5 Å². The van der Waals surface area contributed by atoms with Gasteiger partial charge in [0.15, 0.2) is 0 Å². The third kappa shape index (κ3) is 4.66. The summed E-state index contributed by atoms with van der Waals surface area (Å²) in [5, 5.41) is 11.8. The van der Waals surface area contributed by atoms with Crippen LogP contribution in [0.1, 0.15) is 19.8 Å². The van der Waals surface area contributed by atoms with Gasteiger partial charge < -0.3 is 15.0 Å². The van der Waals surface area contributed by atoms with E-state index < -0.39 is 6.17 Å². The lowest BCUT2D eigenvalue weighted by Crippen LogP contribution is -2.41. The standard InChI is InChI=1S/C19H23FN4O2S/c1-13(27)22-10-17-11-24(19(25)26-17)16-4-2-15(3-5-16)23-9-7-14(6-8-21)18(20)12-23/h2-5,14,17-18H,6-7,9-12H2,1H3,(H,22,27)/t14?,17?,18-/m1/s1. The van der Waals surface area contributed by atoms with Gasteiger partial charge >= 0.3 is 6.09 Å². The van der Waals surface area contributed by atoms with Crippen molar-refractivity contribution in [2.75, 3.05) is 36.0 Å². The Hall–Kier alpha value is -2.40. The normalized spacial score (nSPS) is 25.1. The van der Waals surface area contributed by atoms with Gasteiger partial charge in [-0.15, -0.1) is 0 Å². The molecule has 0 spiro atoms. The molecule has 0 radical (unpaired) electrons. The number of halogens is 1. The molecule has 0 saturated carbocycles. The SMILES string of the molecule is CC(=S)NCC1CN(c2ccc(N3CCC(CC#N)[C@H](F)C3)cc2)C(=O)O1. The number of amides is 1. The lowest BCUT2D eigenvalue weighted by molar-refractivity contribution is 0.143. The van der Waals surface area contributed by atoms with Crippen LogP contribution in [0.25, 0.3) is 0 Å². The lowest BCUT2D eigenvalue weighted by Gasteiger charge is -2.35. The maximum atomic E-state index is 14.2. The van der Waals surface area contributed by atoms with Crippen molar-refractivity contribution in [1.29, 1.82) is 5.26 Å². The fourth-order valence-electron chi connectivity index (χ4n) is 3.47. The van der Waals surface area contributed by atoms with Crippen LogP contribution in [0.4, 0.5) is 20.6 Å². The summed E-state index contributed by atoms with van der Waals surface area (Å²) in [6.45, 7) is 3.75. The van der Waals surface area contributed by atoms with Crippen LogP contribution in [0.3, 0.4) is 0 Å². The summed E-state index contributed by atoms with van der Waals surface area (Å²) >= 11 is 4.98. The number of carbonyl (C=O) groups is 1. The summed E-state index contributed by atoms with van der Waals surface area (Å²) in [6.07, 6.45) is -0.684. The number of hydrogen-bond acceptors (Lipinski definition) is 5.